The third kappa shape index (κ3) is 3.71. The molecule has 2 aromatic rings. The number of nitrogens with zero attached hydrogens (tertiary/aromatic N) is 4. The van der Waals surface area contributed by atoms with E-state index >= 15 is 4.39 Å². The molecule has 10 nitrogen and oxygen atoms in total. The Bertz CT molecular complexity index is 978. The van der Waals surface area contributed by atoms with Crippen LogP contribution < -0.4 is 10.5 Å². The third-order valence-corrected chi connectivity index (χ3v) is 7.13. The molecule has 0 aromatic carbocycles. The van der Waals surface area contributed by atoms with Crippen LogP contribution in [0.3, 0.4) is 0 Å². The van der Waals surface area contributed by atoms with Gasteiger partial charge in [-0.05, 0) is 32.6 Å². The molecular formula is C15H20ClFN5O5PS. The summed E-state index contributed by atoms with van der Waals surface area (Å²) in [6, 6.07) is 0. The van der Waals surface area contributed by atoms with Crippen molar-refractivity contribution in [2.24, 2.45) is 0 Å². The fraction of sp³-hybridized carbons (Fsp3) is 0.667. The highest BCUT2D eigenvalue weighted by atomic mass is 35.5. The van der Waals surface area contributed by atoms with Crippen LogP contribution in [-0.4, -0.2) is 56.2 Å². The van der Waals surface area contributed by atoms with Crippen LogP contribution in [0.25, 0.3) is 11.2 Å². The van der Waals surface area contributed by atoms with Crippen molar-refractivity contribution in [3.05, 3.63) is 6.33 Å². The molecule has 0 saturated carbocycles. The predicted molar refractivity (Wildman–Crippen MR) is 106 cm³/mol. The van der Waals surface area contributed by atoms with Gasteiger partial charge in [0.1, 0.15) is 12.2 Å². The number of rotatable bonds is 5. The summed E-state index contributed by atoms with van der Waals surface area (Å²) in [5, 5.41) is -2.49. The zero-order valence-corrected chi connectivity index (χ0v) is 18.3. The van der Waals surface area contributed by atoms with E-state index in [2.05, 4.69) is 15.0 Å². The molecule has 160 valence electrons. The fourth-order valence-electron chi connectivity index (χ4n) is 3.20. The van der Waals surface area contributed by atoms with Crippen LogP contribution in [0.4, 0.5) is 10.3 Å². The monoisotopic (exact) mass is 467 g/mol. The minimum atomic E-state index is -3.16. The lowest BCUT2D eigenvalue weighted by molar-refractivity contribution is -0.0635. The highest BCUT2D eigenvalue weighted by Crippen LogP contribution is 2.61. The minimum Gasteiger partial charge on any atom is -0.476 e. The van der Waals surface area contributed by atoms with Gasteiger partial charge in [0, 0.05) is 0 Å². The number of imidazole rings is 1. The van der Waals surface area contributed by atoms with Crippen LogP contribution in [0, 0.1) is 0 Å². The first-order valence-electron chi connectivity index (χ1n) is 8.92. The van der Waals surface area contributed by atoms with E-state index in [1.165, 1.54) is 10.9 Å². The van der Waals surface area contributed by atoms with Crippen LogP contribution in [0.15, 0.2) is 6.33 Å². The maximum atomic E-state index is 15.8. The summed E-state index contributed by atoms with van der Waals surface area (Å²) in [5.41, 5.74) is 6.28. The molecule has 0 radical (unpaired) electrons. The molecular weight excluding hydrogens is 448 g/mol. The molecule has 4 rings (SSSR count). The summed E-state index contributed by atoms with van der Waals surface area (Å²) in [4.78, 5) is 12.4. The number of alkyl halides is 2. The zero-order valence-electron chi connectivity index (χ0n) is 15.8. The van der Waals surface area contributed by atoms with Gasteiger partial charge >= 0.3 is 6.72 Å². The molecule has 2 aromatic heterocycles. The Kier molecular flexibility index (Phi) is 5.48. The molecule has 0 bridgehead atoms. The van der Waals surface area contributed by atoms with Gasteiger partial charge in [-0.25, -0.2) is 9.37 Å². The number of nitrogens with two attached hydrogens (primary N) is 1. The van der Waals surface area contributed by atoms with Gasteiger partial charge in [-0.15, -0.1) is 0 Å². The maximum absolute atomic E-state index is 15.8. The van der Waals surface area contributed by atoms with E-state index in [1.807, 2.05) is 0 Å². The lowest BCUT2D eigenvalue weighted by Gasteiger charge is -2.35. The van der Waals surface area contributed by atoms with E-state index < -0.39 is 30.3 Å². The van der Waals surface area contributed by atoms with Crippen LogP contribution >= 0.6 is 18.3 Å². The number of halogens is 2. The Labute approximate surface area is 176 Å². The second kappa shape index (κ2) is 7.52. The van der Waals surface area contributed by atoms with Crippen molar-refractivity contribution >= 4 is 47.2 Å². The lowest BCUT2D eigenvalue weighted by Crippen LogP contribution is -2.43. The molecule has 4 heterocycles. The van der Waals surface area contributed by atoms with E-state index in [0.29, 0.717) is 12.1 Å². The highest BCUT2D eigenvalue weighted by Gasteiger charge is 2.62. The van der Waals surface area contributed by atoms with Gasteiger partial charge in [-0.2, -0.15) is 9.97 Å². The average Bonchev–Trinajstić information content (AvgIpc) is 3.13. The Balaban J connectivity index is 1.70. The number of ether oxygens (including phenoxy) is 2. The first-order valence-corrected chi connectivity index (χ1v) is 11.9. The van der Waals surface area contributed by atoms with E-state index in [0.717, 1.165) is 0 Å². The molecule has 0 aliphatic carbocycles. The van der Waals surface area contributed by atoms with Crippen LogP contribution in [0.5, 0.6) is 5.88 Å². The summed E-state index contributed by atoms with van der Waals surface area (Å²) in [6.45, 7) is 2.52. The molecule has 0 amide bonds. The second-order valence-electron chi connectivity index (χ2n) is 6.77. The Morgan fingerprint density at radius 2 is 2.28 bits per heavy atom. The first kappa shape index (κ1) is 21.1. The molecule has 0 spiro atoms. The van der Waals surface area contributed by atoms with E-state index in [-0.39, 0.29) is 30.2 Å². The van der Waals surface area contributed by atoms with Gasteiger partial charge in [0.2, 0.25) is 11.8 Å². The van der Waals surface area contributed by atoms with Crippen molar-refractivity contribution in [3.63, 3.8) is 0 Å². The molecule has 2 aliphatic rings. The van der Waals surface area contributed by atoms with Crippen molar-refractivity contribution in [2.45, 2.75) is 50.4 Å². The standard InChI is InChI=1S/C15H20ClFN5O5PS/c1-4-23-12-9-11(20-14(18)21-12)22(6-19-9)13-15(16,17)10-8(25-13)5-24-28(29,27-10)26-7(2)3/h6-8,10,13H,4-5H2,1-3H3,(H2,18,20,21)/t8-,10-,13-,15+,28?/m1/s1. The minimum absolute atomic E-state index is 0.0164. The predicted octanol–water partition coefficient (Wildman–Crippen LogP) is 2.67. The molecule has 2 N–H and O–H groups in total. The average molecular weight is 468 g/mol. The Morgan fingerprint density at radius 1 is 1.52 bits per heavy atom. The Hall–Kier alpha value is -1.14. The first-order chi connectivity index (χ1) is 13.6. The van der Waals surface area contributed by atoms with E-state index in [9.17, 15) is 0 Å². The van der Waals surface area contributed by atoms with Crippen LogP contribution in [-0.2, 0) is 30.1 Å². The van der Waals surface area contributed by atoms with Gasteiger partial charge in [0.05, 0.1) is 25.6 Å². The second-order valence-corrected chi connectivity index (χ2v) is 10.3. The SMILES string of the molecule is CCOc1nc(N)nc2c1ncn2[C@@H]1O[C@@H]2COP(=S)(OC(C)C)O[C@H]2[C@@]1(F)Cl. The molecule has 2 fully saturated rings. The number of hydrogen-bond donors (Lipinski definition) is 1. The topological polar surface area (TPSA) is 116 Å². The third-order valence-electron chi connectivity index (χ3n) is 4.27. The van der Waals surface area contributed by atoms with Crippen molar-refractivity contribution in [1.82, 2.24) is 19.5 Å². The molecule has 2 aliphatic heterocycles. The van der Waals surface area contributed by atoms with Gasteiger partial charge in [0.15, 0.2) is 17.4 Å². The van der Waals surface area contributed by atoms with Crippen molar-refractivity contribution in [1.29, 1.82) is 0 Å². The number of fused-ring (bicyclic) bond motifs is 2. The smallest absolute Gasteiger partial charge is 0.328 e. The zero-order chi connectivity index (χ0) is 21.0. The van der Waals surface area contributed by atoms with E-state index in [4.69, 9.17) is 52.2 Å². The molecule has 14 heteroatoms. The largest absolute Gasteiger partial charge is 0.476 e. The quantitative estimate of drug-likeness (QED) is 0.519. The number of anilines is 1. The number of hydrogen-bond acceptors (Lipinski definition) is 10. The summed E-state index contributed by atoms with van der Waals surface area (Å²) in [5.74, 6) is 0.126. The number of nitrogen functional groups attached to an aromatic ring is 1. The van der Waals surface area contributed by atoms with Crippen molar-refractivity contribution in [3.8, 4) is 5.88 Å². The molecule has 1 unspecified atom stereocenters. The maximum Gasteiger partial charge on any atom is 0.328 e. The number of aromatic nitrogens is 4. The van der Waals surface area contributed by atoms with Gasteiger partial charge in [-0.3, -0.25) is 9.09 Å². The van der Waals surface area contributed by atoms with Crippen molar-refractivity contribution < 1.29 is 27.4 Å². The normalized spacial score (nSPS) is 34.6. The molecule has 5 atom stereocenters. The van der Waals surface area contributed by atoms with E-state index in [1.54, 1.807) is 20.8 Å². The van der Waals surface area contributed by atoms with Gasteiger partial charge < -0.3 is 24.3 Å². The van der Waals surface area contributed by atoms with Gasteiger partial charge in [0.25, 0.3) is 5.13 Å². The summed E-state index contributed by atoms with van der Waals surface area (Å²) in [7, 11) is 0. The van der Waals surface area contributed by atoms with Gasteiger partial charge in [-0.1, -0.05) is 11.6 Å². The molecule has 2 saturated heterocycles. The highest BCUT2D eigenvalue weighted by molar-refractivity contribution is 8.07. The summed E-state index contributed by atoms with van der Waals surface area (Å²) < 4.78 is 45.1. The van der Waals surface area contributed by atoms with Crippen LogP contribution in [0.1, 0.15) is 27.0 Å². The fourth-order valence-corrected chi connectivity index (χ4v) is 6.16. The van der Waals surface area contributed by atoms with Crippen LogP contribution in [0.2, 0.25) is 0 Å². The summed E-state index contributed by atoms with van der Waals surface area (Å²) in [6.07, 6.45) is -2.24. The Morgan fingerprint density at radius 3 is 2.97 bits per heavy atom. The summed E-state index contributed by atoms with van der Waals surface area (Å²) >= 11 is 11.6. The van der Waals surface area contributed by atoms with Crippen molar-refractivity contribution in [2.75, 3.05) is 18.9 Å². The molecule has 29 heavy (non-hydrogen) atoms. The lowest BCUT2D eigenvalue weighted by atomic mass is 10.1.